The summed E-state index contributed by atoms with van der Waals surface area (Å²) >= 11 is 0. The molecule has 138 valence electrons. The van der Waals surface area contributed by atoms with Crippen LogP contribution in [-0.4, -0.2) is 27.8 Å². The van der Waals surface area contributed by atoms with Gasteiger partial charge in [-0.3, -0.25) is 0 Å². The summed E-state index contributed by atoms with van der Waals surface area (Å²) in [6, 6.07) is 13.2. The number of hydrogen-bond donors (Lipinski definition) is 2. The van der Waals surface area contributed by atoms with Crippen molar-refractivity contribution in [2.45, 2.75) is 20.8 Å². The fourth-order valence-corrected chi connectivity index (χ4v) is 2.52. The predicted octanol–water partition coefficient (Wildman–Crippen LogP) is 4.15. The molecule has 0 aliphatic rings. The number of ether oxygens (including phenoxy) is 1. The van der Waals surface area contributed by atoms with Crippen LogP contribution in [0, 0.1) is 13.8 Å². The van der Waals surface area contributed by atoms with Crippen LogP contribution in [0.5, 0.6) is 0 Å². The van der Waals surface area contributed by atoms with Gasteiger partial charge < -0.3 is 15.4 Å². The third-order valence-corrected chi connectivity index (χ3v) is 3.88. The Kier molecular flexibility index (Phi) is 5.61. The topological polar surface area (TPSA) is 89.0 Å². The number of carbonyl (C=O) groups is 1. The summed E-state index contributed by atoms with van der Waals surface area (Å²) in [7, 11) is 0. The van der Waals surface area contributed by atoms with E-state index in [0.717, 1.165) is 16.8 Å². The molecule has 0 saturated heterocycles. The fourth-order valence-electron chi connectivity index (χ4n) is 2.52. The Morgan fingerprint density at radius 3 is 2.70 bits per heavy atom. The first-order chi connectivity index (χ1) is 13.1. The molecular weight excluding hydrogens is 342 g/mol. The van der Waals surface area contributed by atoms with Gasteiger partial charge in [0, 0.05) is 5.69 Å². The molecule has 0 fully saturated rings. The molecule has 3 rings (SSSR count). The summed E-state index contributed by atoms with van der Waals surface area (Å²) < 4.78 is 5.09. The molecule has 0 amide bonds. The first kappa shape index (κ1) is 18.3. The molecule has 0 spiro atoms. The van der Waals surface area contributed by atoms with Gasteiger partial charge in [-0.05, 0) is 50.1 Å². The highest BCUT2D eigenvalue weighted by Crippen LogP contribution is 2.22. The minimum atomic E-state index is -0.404. The molecule has 1 heterocycles. The van der Waals surface area contributed by atoms with Gasteiger partial charge in [0.2, 0.25) is 5.95 Å². The molecule has 0 bridgehead atoms. The highest BCUT2D eigenvalue weighted by Gasteiger charge is 2.13. The second-order valence-electron chi connectivity index (χ2n) is 6.00. The molecule has 0 aliphatic heterocycles. The van der Waals surface area contributed by atoms with Gasteiger partial charge in [-0.1, -0.05) is 24.3 Å². The van der Waals surface area contributed by atoms with Gasteiger partial charge in [0.1, 0.15) is 0 Å². The van der Waals surface area contributed by atoms with E-state index in [9.17, 15) is 4.79 Å². The van der Waals surface area contributed by atoms with E-state index in [1.807, 2.05) is 32.0 Å². The zero-order valence-corrected chi connectivity index (χ0v) is 15.5. The van der Waals surface area contributed by atoms with Crippen molar-refractivity contribution in [2.75, 3.05) is 17.2 Å². The lowest BCUT2D eigenvalue weighted by Crippen LogP contribution is -2.09. The van der Waals surface area contributed by atoms with Crippen molar-refractivity contribution in [3.8, 4) is 0 Å². The number of anilines is 4. The molecule has 0 radical (unpaired) electrons. The van der Waals surface area contributed by atoms with Gasteiger partial charge in [0.15, 0.2) is 5.82 Å². The van der Waals surface area contributed by atoms with Crippen LogP contribution in [0.2, 0.25) is 0 Å². The second-order valence-corrected chi connectivity index (χ2v) is 6.00. The van der Waals surface area contributed by atoms with Crippen LogP contribution in [-0.2, 0) is 4.74 Å². The van der Waals surface area contributed by atoms with E-state index in [1.165, 1.54) is 0 Å². The smallest absolute Gasteiger partial charge is 0.340 e. The third-order valence-electron chi connectivity index (χ3n) is 3.88. The summed E-state index contributed by atoms with van der Waals surface area (Å²) in [5.41, 5.74) is 4.17. The van der Waals surface area contributed by atoms with E-state index in [4.69, 9.17) is 4.74 Å². The molecule has 7 heteroatoms. The van der Waals surface area contributed by atoms with Gasteiger partial charge in [-0.25, -0.2) is 4.79 Å². The third kappa shape index (κ3) is 4.58. The maximum absolute atomic E-state index is 12.1. The monoisotopic (exact) mass is 363 g/mol. The normalized spacial score (nSPS) is 10.3. The molecule has 0 aliphatic carbocycles. The number of nitrogens with zero attached hydrogens (tertiary/aromatic N) is 3. The number of esters is 1. The lowest BCUT2D eigenvalue weighted by atomic mass is 10.1. The van der Waals surface area contributed by atoms with E-state index >= 15 is 0 Å². The Balaban J connectivity index is 1.83. The predicted molar refractivity (Wildman–Crippen MR) is 105 cm³/mol. The van der Waals surface area contributed by atoms with Crippen molar-refractivity contribution >= 4 is 29.1 Å². The SMILES string of the molecule is CCOC(=O)c1ccccc1Nc1nncc(Nc2cc(C)ccc2C)n1. The van der Waals surface area contributed by atoms with Crippen LogP contribution in [0.4, 0.5) is 23.1 Å². The summed E-state index contributed by atoms with van der Waals surface area (Å²) in [5, 5.41) is 14.3. The Morgan fingerprint density at radius 2 is 1.89 bits per heavy atom. The summed E-state index contributed by atoms with van der Waals surface area (Å²) in [6.45, 7) is 6.12. The molecule has 3 aromatic rings. The number of para-hydroxylation sites is 1. The van der Waals surface area contributed by atoms with Crippen molar-refractivity contribution in [1.82, 2.24) is 15.2 Å². The summed E-state index contributed by atoms with van der Waals surface area (Å²) in [4.78, 5) is 16.5. The zero-order valence-electron chi connectivity index (χ0n) is 15.5. The lowest BCUT2D eigenvalue weighted by Gasteiger charge is -2.12. The van der Waals surface area contributed by atoms with E-state index in [2.05, 4.69) is 31.9 Å². The quantitative estimate of drug-likeness (QED) is 0.636. The Morgan fingerprint density at radius 1 is 1.07 bits per heavy atom. The fraction of sp³-hybridized carbons (Fsp3) is 0.200. The zero-order chi connectivity index (χ0) is 19.2. The van der Waals surface area contributed by atoms with Crippen LogP contribution in [0.25, 0.3) is 0 Å². The van der Waals surface area contributed by atoms with Crippen LogP contribution in [0.3, 0.4) is 0 Å². The summed E-state index contributed by atoms with van der Waals surface area (Å²) in [5.74, 6) is 0.426. The number of aromatic nitrogens is 3. The van der Waals surface area contributed by atoms with Crippen molar-refractivity contribution in [1.29, 1.82) is 0 Å². The van der Waals surface area contributed by atoms with E-state index in [1.54, 1.807) is 31.3 Å². The first-order valence-corrected chi connectivity index (χ1v) is 8.64. The number of rotatable bonds is 6. The number of aryl methyl sites for hydroxylation is 2. The van der Waals surface area contributed by atoms with Crippen molar-refractivity contribution in [3.63, 3.8) is 0 Å². The Bertz CT molecular complexity index is 959. The minimum absolute atomic E-state index is 0.280. The van der Waals surface area contributed by atoms with E-state index in [0.29, 0.717) is 23.7 Å². The maximum atomic E-state index is 12.1. The Labute approximate surface area is 157 Å². The average Bonchev–Trinajstić information content (AvgIpc) is 2.66. The van der Waals surface area contributed by atoms with Gasteiger partial charge in [0.05, 0.1) is 24.1 Å². The maximum Gasteiger partial charge on any atom is 0.340 e. The number of hydrogen-bond acceptors (Lipinski definition) is 7. The highest BCUT2D eigenvalue weighted by molar-refractivity contribution is 5.96. The van der Waals surface area contributed by atoms with E-state index < -0.39 is 5.97 Å². The van der Waals surface area contributed by atoms with Gasteiger partial charge in [0.25, 0.3) is 0 Å². The average molecular weight is 363 g/mol. The molecule has 7 nitrogen and oxygen atoms in total. The molecule has 2 N–H and O–H groups in total. The van der Waals surface area contributed by atoms with Crippen molar-refractivity contribution < 1.29 is 9.53 Å². The summed E-state index contributed by atoms with van der Waals surface area (Å²) in [6.07, 6.45) is 1.55. The number of benzene rings is 2. The largest absolute Gasteiger partial charge is 0.462 e. The molecule has 0 unspecified atom stereocenters. The first-order valence-electron chi connectivity index (χ1n) is 8.64. The number of carbonyl (C=O) groups excluding carboxylic acids is 1. The highest BCUT2D eigenvalue weighted by atomic mass is 16.5. The molecule has 27 heavy (non-hydrogen) atoms. The molecule has 0 atom stereocenters. The Hall–Kier alpha value is -3.48. The molecule has 1 aromatic heterocycles. The standard InChI is InChI=1S/C20H21N5O2/c1-4-27-19(26)15-7-5-6-8-16(15)23-20-24-18(12-21-25-20)22-17-11-13(2)9-10-14(17)3/h5-12H,4H2,1-3H3,(H2,22,23,24,25). The van der Waals surface area contributed by atoms with Gasteiger partial charge in [-0.2, -0.15) is 10.1 Å². The molecule has 0 saturated carbocycles. The van der Waals surface area contributed by atoms with Crippen LogP contribution in [0.1, 0.15) is 28.4 Å². The van der Waals surface area contributed by atoms with Crippen LogP contribution in [0.15, 0.2) is 48.7 Å². The van der Waals surface area contributed by atoms with E-state index in [-0.39, 0.29) is 5.95 Å². The van der Waals surface area contributed by atoms with Crippen molar-refractivity contribution in [2.24, 2.45) is 0 Å². The lowest BCUT2D eigenvalue weighted by molar-refractivity contribution is 0.0527. The number of nitrogens with one attached hydrogen (secondary N) is 2. The molecular formula is C20H21N5O2. The van der Waals surface area contributed by atoms with Gasteiger partial charge in [-0.15, -0.1) is 5.10 Å². The van der Waals surface area contributed by atoms with Crippen molar-refractivity contribution in [3.05, 3.63) is 65.4 Å². The second kappa shape index (κ2) is 8.27. The minimum Gasteiger partial charge on any atom is -0.462 e. The molecule has 2 aromatic carbocycles. The van der Waals surface area contributed by atoms with Gasteiger partial charge >= 0.3 is 5.97 Å². The van der Waals surface area contributed by atoms with Crippen LogP contribution < -0.4 is 10.6 Å². The van der Waals surface area contributed by atoms with Crippen LogP contribution >= 0.6 is 0 Å².